The molecule has 11 heteroatoms. The van der Waals surface area contributed by atoms with Crippen LogP contribution in [0.15, 0.2) is 59.1 Å². The van der Waals surface area contributed by atoms with Crippen molar-refractivity contribution in [3.63, 3.8) is 0 Å². The Bertz CT molecular complexity index is 1450. The predicted molar refractivity (Wildman–Crippen MR) is 158 cm³/mol. The first-order valence-corrected chi connectivity index (χ1v) is 14.6. The van der Waals surface area contributed by atoms with E-state index in [1.807, 2.05) is 65.4 Å². The minimum Gasteiger partial charge on any atom is -0.497 e. The summed E-state index contributed by atoms with van der Waals surface area (Å²) < 4.78 is 18.0. The zero-order valence-electron chi connectivity index (χ0n) is 23.1. The third-order valence-corrected chi connectivity index (χ3v) is 7.76. The van der Waals surface area contributed by atoms with Gasteiger partial charge in [0, 0.05) is 23.1 Å². The molecule has 1 N–H and O–H groups in total. The van der Waals surface area contributed by atoms with Crippen LogP contribution < -0.4 is 14.8 Å². The molecule has 4 rings (SSSR count). The Morgan fingerprint density at radius 3 is 2.30 bits per heavy atom. The normalized spacial score (nSPS) is 10.9. The van der Waals surface area contributed by atoms with Gasteiger partial charge in [-0.05, 0) is 54.8 Å². The lowest BCUT2D eigenvalue weighted by Gasteiger charge is -2.10. The molecule has 0 aliphatic rings. The highest BCUT2D eigenvalue weighted by molar-refractivity contribution is 7.99. The van der Waals surface area contributed by atoms with E-state index in [4.69, 9.17) is 14.2 Å². The second-order valence-electron chi connectivity index (χ2n) is 9.19. The van der Waals surface area contributed by atoms with Crippen molar-refractivity contribution in [2.75, 3.05) is 31.9 Å². The molecule has 2 heterocycles. The van der Waals surface area contributed by atoms with Gasteiger partial charge in [-0.25, -0.2) is 4.79 Å². The smallest absolute Gasteiger partial charge is 0.341 e. The van der Waals surface area contributed by atoms with Crippen molar-refractivity contribution in [3.8, 4) is 34.0 Å². The number of anilines is 1. The van der Waals surface area contributed by atoms with Crippen molar-refractivity contribution in [1.82, 2.24) is 14.8 Å². The summed E-state index contributed by atoms with van der Waals surface area (Å²) >= 11 is 2.56. The molecule has 0 unspecified atom stereocenters. The lowest BCUT2D eigenvalue weighted by Crippen LogP contribution is -2.16. The monoisotopic (exact) mass is 580 g/mol. The van der Waals surface area contributed by atoms with Gasteiger partial charge in [0.05, 0.1) is 26.6 Å². The summed E-state index contributed by atoms with van der Waals surface area (Å²) in [5.74, 6) is 1.99. The number of rotatable bonds is 12. The molecule has 0 aliphatic carbocycles. The molecule has 0 bridgehead atoms. The van der Waals surface area contributed by atoms with Crippen molar-refractivity contribution in [2.24, 2.45) is 5.92 Å². The fourth-order valence-electron chi connectivity index (χ4n) is 3.89. The van der Waals surface area contributed by atoms with Crippen LogP contribution in [-0.2, 0) is 16.1 Å². The van der Waals surface area contributed by atoms with E-state index in [2.05, 4.69) is 29.4 Å². The number of carbonyl (C=O) groups excluding carboxylic acids is 2. The molecule has 210 valence electrons. The summed E-state index contributed by atoms with van der Waals surface area (Å²) in [5.41, 5.74) is 2.72. The number of hydrogen-bond donors (Lipinski definition) is 1. The van der Waals surface area contributed by atoms with Gasteiger partial charge in [-0.15, -0.1) is 21.5 Å². The lowest BCUT2D eigenvalue weighted by molar-refractivity contribution is -0.113. The summed E-state index contributed by atoms with van der Waals surface area (Å²) in [5, 5.41) is 14.5. The third kappa shape index (κ3) is 6.83. The molecule has 1 amide bonds. The second kappa shape index (κ2) is 13.5. The van der Waals surface area contributed by atoms with Crippen LogP contribution in [0, 0.1) is 5.92 Å². The Morgan fingerprint density at radius 1 is 1.00 bits per heavy atom. The number of amides is 1. The van der Waals surface area contributed by atoms with Gasteiger partial charge in [0.1, 0.15) is 22.1 Å². The average Bonchev–Trinajstić information content (AvgIpc) is 3.58. The van der Waals surface area contributed by atoms with E-state index in [9.17, 15) is 9.59 Å². The highest BCUT2D eigenvalue weighted by Crippen LogP contribution is 2.37. The average molecular weight is 581 g/mol. The van der Waals surface area contributed by atoms with E-state index in [1.165, 1.54) is 30.2 Å². The quantitative estimate of drug-likeness (QED) is 0.155. The minimum absolute atomic E-state index is 0.0937. The Hall–Kier alpha value is -3.83. The Labute approximate surface area is 241 Å². The molecular weight excluding hydrogens is 548 g/mol. The summed E-state index contributed by atoms with van der Waals surface area (Å²) in [4.78, 5) is 25.6. The largest absolute Gasteiger partial charge is 0.497 e. The molecule has 0 saturated carbocycles. The Kier molecular flexibility index (Phi) is 9.84. The third-order valence-electron chi connectivity index (χ3n) is 5.90. The molecule has 0 spiro atoms. The molecule has 0 fully saturated rings. The molecule has 9 nitrogen and oxygen atoms in total. The van der Waals surface area contributed by atoms with Crippen molar-refractivity contribution in [3.05, 3.63) is 59.5 Å². The van der Waals surface area contributed by atoms with Crippen LogP contribution in [0.2, 0.25) is 0 Å². The Balaban J connectivity index is 1.45. The van der Waals surface area contributed by atoms with Gasteiger partial charge in [0.15, 0.2) is 11.0 Å². The molecule has 0 aliphatic heterocycles. The molecule has 0 saturated heterocycles. The van der Waals surface area contributed by atoms with Crippen LogP contribution >= 0.6 is 23.1 Å². The number of nitrogens with one attached hydrogen (secondary N) is 1. The number of esters is 1. The Morgan fingerprint density at radius 2 is 1.68 bits per heavy atom. The van der Waals surface area contributed by atoms with Crippen LogP contribution in [0.4, 0.5) is 5.00 Å². The number of thiophene rings is 1. The van der Waals surface area contributed by atoms with Crippen LogP contribution in [0.25, 0.3) is 22.5 Å². The van der Waals surface area contributed by atoms with Crippen molar-refractivity contribution >= 4 is 40.0 Å². The molecule has 2 aromatic heterocycles. The predicted octanol–water partition coefficient (Wildman–Crippen LogP) is 6.25. The summed E-state index contributed by atoms with van der Waals surface area (Å²) in [6.07, 6.45) is 0. The van der Waals surface area contributed by atoms with Crippen molar-refractivity contribution < 1.29 is 23.8 Å². The maximum absolute atomic E-state index is 12.9. The molecule has 40 heavy (non-hydrogen) atoms. The number of benzene rings is 2. The molecule has 0 atom stereocenters. The van der Waals surface area contributed by atoms with Gasteiger partial charge in [-0.3, -0.25) is 4.79 Å². The summed E-state index contributed by atoms with van der Waals surface area (Å²) in [6.45, 7) is 7.51. The van der Waals surface area contributed by atoms with Crippen LogP contribution in [0.1, 0.15) is 31.1 Å². The number of ether oxygens (including phenoxy) is 3. The van der Waals surface area contributed by atoms with Crippen LogP contribution in [-0.4, -0.2) is 53.2 Å². The number of methoxy groups -OCH3 is 2. The zero-order chi connectivity index (χ0) is 28.6. The van der Waals surface area contributed by atoms with Gasteiger partial charge in [0.25, 0.3) is 0 Å². The van der Waals surface area contributed by atoms with Gasteiger partial charge < -0.3 is 24.1 Å². The first kappa shape index (κ1) is 29.2. The first-order chi connectivity index (χ1) is 19.3. The standard InChI is InChI=1S/C29H32N4O5S2/c1-6-33-26(20-9-13-22(14-10-20)38-15-18(2)3)31-32-29(33)40-17-24(34)30-27-25(28(35)37-5)23(16-39-27)19-7-11-21(36-4)12-8-19/h7-14,16,18H,6,15,17H2,1-5H3,(H,30,34). The highest BCUT2D eigenvalue weighted by atomic mass is 32.2. The van der Waals surface area contributed by atoms with Gasteiger partial charge in [-0.1, -0.05) is 37.7 Å². The van der Waals surface area contributed by atoms with Crippen LogP contribution in [0.3, 0.4) is 0 Å². The summed E-state index contributed by atoms with van der Waals surface area (Å²) in [7, 11) is 2.91. The molecular formula is C29H32N4O5S2. The van der Waals surface area contributed by atoms with Gasteiger partial charge in [-0.2, -0.15) is 0 Å². The number of hydrogen-bond acceptors (Lipinski definition) is 9. The molecule has 0 radical (unpaired) electrons. The van der Waals surface area contributed by atoms with E-state index >= 15 is 0 Å². The fraction of sp³-hybridized carbons (Fsp3) is 0.310. The zero-order valence-corrected chi connectivity index (χ0v) is 24.7. The topological polar surface area (TPSA) is 105 Å². The lowest BCUT2D eigenvalue weighted by atomic mass is 10.0. The fourth-order valence-corrected chi connectivity index (χ4v) is 5.66. The van der Waals surface area contributed by atoms with Crippen molar-refractivity contribution in [1.29, 1.82) is 0 Å². The minimum atomic E-state index is -0.522. The maximum atomic E-state index is 12.9. The van der Waals surface area contributed by atoms with Gasteiger partial charge >= 0.3 is 5.97 Å². The molecule has 2 aromatic carbocycles. The molecule has 4 aromatic rings. The SMILES string of the molecule is CCn1c(SCC(=O)Nc2scc(-c3ccc(OC)cc3)c2C(=O)OC)nnc1-c1ccc(OCC(C)C)cc1. The van der Waals surface area contributed by atoms with Crippen molar-refractivity contribution in [2.45, 2.75) is 32.5 Å². The van der Waals surface area contributed by atoms with Crippen LogP contribution in [0.5, 0.6) is 11.5 Å². The number of carbonyl (C=O) groups is 2. The van der Waals surface area contributed by atoms with E-state index in [1.54, 1.807) is 7.11 Å². The maximum Gasteiger partial charge on any atom is 0.341 e. The number of nitrogens with zero attached hydrogens (tertiary/aromatic N) is 3. The number of aromatic nitrogens is 3. The first-order valence-electron chi connectivity index (χ1n) is 12.8. The highest BCUT2D eigenvalue weighted by Gasteiger charge is 2.23. The summed E-state index contributed by atoms with van der Waals surface area (Å²) in [6, 6.07) is 15.1. The van der Waals surface area contributed by atoms with Gasteiger partial charge in [0.2, 0.25) is 5.91 Å². The van der Waals surface area contributed by atoms with E-state index < -0.39 is 5.97 Å². The number of thioether (sulfide) groups is 1. The van der Waals surface area contributed by atoms with E-state index in [0.717, 1.165) is 22.7 Å². The second-order valence-corrected chi connectivity index (χ2v) is 11.0. The van der Waals surface area contributed by atoms with E-state index in [-0.39, 0.29) is 11.7 Å². The van der Waals surface area contributed by atoms with E-state index in [0.29, 0.717) is 46.1 Å².